The average molecular weight is 225 g/mol. The molecule has 0 bridgehead atoms. The number of ketones is 1. The number of anilines is 2. The van der Waals surface area contributed by atoms with Crippen LogP contribution in [0.25, 0.3) is 0 Å². The second kappa shape index (κ2) is 3.74. The molecule has 0 amide bonds. The number of nitrogens with two attached hydrogens (primary N) is 1. The Kier molecular flexibility index (Phi) is 2.57. The summed E-state index contributed by atoms with van der Waals surface area (Å²) >= 11 is 5.90. The van der Waals surface area contributed by atoms with E-state index in [1.54, 1.807) is 12.1 Å². The number of nitrogen functional groups attached to an aromatic ring is 1. The molecule has 0 fully saturated rings. The van der Waals surface area contributed by atoms with Crippen molar-refractivity contribution in [1.29, 1.82) is 0 Å². The van der Waals surface area contributed by atoms with Crippen LogP contribution in [0.5, 0.6) is 0 Å². The van der Waals surface area contributed by atoms with Gasteiger partial charge >= 0.3 is 0 Å². The van der Waals surface area contributed by atoms with Gasteiger partial charge in [-0.3, -0.25) is 4.79 Å². The normalized spacial score (nSPS) is 16.1. The van der Waals surface area contributed by atoms with Gasteiger partial charge in [-0.05, 0) is 18.6 Å². The molecule has 4 heteroatoms. The molecule has 15 heavy (non-hydrogen) atoms. The Morgan fingerprint density at radius 3 is 2.93 bits per heavy atom. The SMILES string of the molecule is CN1CCCC(=O)c2cc(Cl)cc(N)c21. The van der Waals surface area contributed by atoms with E-state index in [0.29, 0.717) is 22.7 Å². The molecule has 1 aliphatic heterocycles. The Balaban J connectivity index is 2.64. The van der Waals surface area contributed by atoms with Crippen LogP contribution in [-0.4, -0.2) is 19.4 Å². The first-order chi connectivity index (χ1) is 7.09. The molecule has 0 unspecified atom stereocenters. The van der Waals surface area contributed by atoms with Gasteiger partial charge in [-0.15, -0.1) is 0 Å². The third-order valence-electron chi connectivity index (χ3n) is 2.68. The van der Waals surface area contributed by atoms with Crippen LogP contribution in [-0.2, 0) is 0 Å². The van der Waals surface area contributed by atoms with Gasteiger partial charge in [-0.2, -0.15) is 0 Å². The van der Waals surface area contributed by atoms with Crippen molar-refractivity contribution in [3.05, 3.63) is 22.7 Å². The van der Waals surface area contributed by atoms with Crippen LogP contribution in [0, 0.1) is 0 Å². The first kappa shape index (κ1) is 10.3. The van der Waals surface area contributed by atoms with Crippen molar-refractivity contribution >= 4 is 28.8 Å². The summed E-state index contributed by atoms with van der Waals surface area (Å²) in [6.07, 6.45) is 1.43. The zero-order chi connectivity index (χ0) is 11.0. The molecule has 1 aliphatic rings. The molecular formula is C11H13ClN2O. The molecule has 0 aliphatic carbocycles. The summed E-state index contributed by atoms with van der Waals surface area (Å²) in [5.41, 5.74) is 7.94. The summed E-state index contributed by atoms with van der Waals surface area (Å²) in [5.74, 6) is 0.128. The van der Waals surface area contributed by atoms with Crippen molar-refractivity contribution in [1.82, 2.24) is 0 Å². The highest BCUT2D eigenvalue weighted by atomic mass is 35.5. The van der Waals surface area contributed by atoms with Crippen LogP contribution in [0.1, 0.15) is 23.2 Å². The summed E-state index contributed by atoms with van der Waals surface area (Å²) in [7, 11) is 1.95. The number of benzene rings is 1. The number of hydrogen-bond donors (Lipinski definition) is 1. The molecule has 0 atom stereocenters. The Labute approximate surface area is 93.8 Å². The van der Waals surface area contributed by atoms with E-state index in [0.717, 1.165) is 18.7 Å². The minimum atomic E-state index is 0.128. The molecule has 3 nitrogen and oxygen atoms in total. The summed E-state index contributed by atoms with van der Waals surface area (Å²) in [4.78, 5) is 13.8. The molecule has 2 N–H and O–H groups in total. The standard InChI is InChI=1S/C11H13ClN2O/c1-14-4-2-3-10(15)8-5-7(12)6-9(13)11(8)14/h5-6H,2-4,13H2,1H3. The van der Waals surface area contributed by atoms with E-state index >= 15 is 0 Å². The van der Waals surface area contributed by atoms with E-state index in [1.807, 2.05) is 11.9 Å². The van der Waals surface area contributed by atoms with E-state index in [9.17, 15) is 4.79 Å². The number of halogens is 1. The second-order valence-corrected chi connectivity index (χ2v) is 4.28. The number of nitrogens with zero attached hydrogens (tertiary/aromatic N) is 1. The van der Waals surface area contributed by atoms with Crippen LogP contribution in [0.15, 0.2) is 12.1 Å². The van der Waals surface area contributed by atoms with Gasteiger partial charge in [0.2, 0.25) is 0 Å². The fourth-order valence-electron chi connectivity index (χ4n) is 1.98. The monoisotopic (exact) mass is 224 g/mol. The van der Waals surface area contributed by atoms with Crippen LogP contribution in [0.3, 0.4) is 0 Å². The molecule has 1 aromatic rings. The maximum Gasteiger partial charge on any atom is 0.165 e. The van der Waals surface area contributed by atoms with E-state index in [2.05, 4.69) is 0 Å². The molecule has 0 saturated carbocycles. The molecule has 1 heterocycles. The van der Waals surface area contributed by atoms with Gasteiger partial charge in [-0.25, -0.2) is 0 Å². The first-order valence-corrected chi connectivity index (χ1v) is 5.31. The largest absolute Gasteiger partial charge is 0.397 e. The number of carbonyl (C=O) groups excluding carboxylic acids is 1. The van der Waals surface area contributed by atoms with Crippen molar-refractivity contribution in [2.24, 2.45) is 0 Å². The van der Waals surface area contributed by atoms with E-state index in [-0.39, 0.29) is 5.78 Å². The van der Waals surface area contributed by atoms with Crippen LogP contribution >= 0.6 is 11.6 Å². The maximum atomic E-state index is 11.8. The Bertz CT molecular complexity index is 417. The molecule has 0 saturated heterocycles. The predicted octanol–water partition coefficient (Wildman–Crippen LogP) is 2.33. The third-order valence-corrected chi connectivity index (χ3v) is 2.90. The fraction of sp³-hybridized carbons (Fsp3) is 0.364. The minimum absolute atomic E-state index is 0.128. The lowest BCUT2D eigenvalue weighted by Crippen LogP contribution is -2.19. The number of rotatable bonds is 0. The highest BCUT2D eigenvalue weighted by Gasteiger charge is 2.21. The molecule has 80 valence electrons. The maximum absolute atomic E-state index is 11.8. The highest BCUT2D eigenvalue weighted by molar-refractivity contribution is 6.31. The summed E-state index contributed by atoms with van der Waals surface area (Å²) < 4.78 is 0. The number of fused-ring (bicyclic) bond motifs is 1. The van der Waals surface area contributed by atoms with E-state index < -0.39 is 0 Å². The van der Waals surface area contributed by atoms with E-state index in [1.165, 1.54) is 0 Å². The fourth-order valence-corrected chi connectivity index (χ4v) is 2.21. The van der Waals surface area contributed by atoms with Gasteiger partial charge in [0, 0.05) is 30.6 Å². The van der Waals surface area contributed by atoms with Gasteiger partial charge in [-0.1, -0.05) is 11.6 Å². The smallest absolute Gasteiger partial charge is 0.165 e. The summed E-state index contributed by atoms with van der Waals surface area (Å²) in [6, 6.07) is 3.40. The predicted molar refractivity (Wildman–Crippen MR) is 62.7 cm³/mol. The van der Waals surface area contributed by atoms with Crippen molar-refractivity contribution < 1.29 is 4.79 Å². The molecule has 2 rings (SSSR count). The van der Waals surface area contributed by atoms with Crippen molar-refractivity contribution in [2.45, 2.75) is 12.8 Å². The summed E-state index contributed by atoms with van der Waals surface area (Å²) in [6.45, 7) is 0.852. The van der Waals surface area contributed by atoms with Crippen molar-refractivity contribution in [3.63, 3.8) is 0 Å². The van der Waals surface area contributed by atoms with Gasteiger partial charge < -0.3 is 10.6 Å². The molecule has 0 spiro atoms. The van der Waals surface area contributed by atoms with Crippen LogP contribution in [0.2, 0.25) is 5.02 Å². The lowest BCUT2D eigenvalue weighted by molar-refractivity contribution is 0.0984. The quantitative estimate of drug-likeness (QED) is 0.688. The highest BCUT2D eigenvalue weighted by Crippen LogP contribution is 2.33. The average Bonchev–Trinajstić information content (AvgIpc) is 2.27. The summed E-state index contributed by atoms with van der Waals surface area (Å²) in [5, 5.41) is 0.523. The lowest BCUT2D eigenvalue weighted by Gasteiger charge is -2.20. The van der Waals surface area contributed by atoms with Gasteiger partial charge in [0.15, 0.2) is 5.78 Å². The Hall–Kier alpha value is -1.22. The van der Waals surface area contributed by atoms with Gasteiger partial charge in [0.25, 0.3) is 0 Å². The topological polar surface area (TPSA) is 46.3 Å². The molecule has 0 aromatic heterocycles. The Morgan fingerprint density at radius 2 is 2.20 bits per heavy atom. The van der Waals surface area contributed by atoms with Gasteiger partial charge in [0.05, 0.1) is 11.4 Å². The van der Waals surface area contributed by atoms with E-state index in [4.69, 9.17) is 17.3 Å². The number of carbonyl (C=O) groups is 1. The van der Waals surface area contributed by atoms with Crippen LogP contribution < -0.4 is 10.6 Å². The third kappa shape index (κ3) is 1.79. The Morgan fingerprint density at radius 1 is 1.47 bits per heavy atom. The second-order valence-electron chi connectivity index (χ2n) is 3.84. The lowest BCUT2D eigenvalue weighted by atomic mass is 10.1. The minimum Gasteiger partial charge on any atom is -0.397 e. The molecule has 1 aromatic carbocycles. The van der Waals surface area contributed by atoms with Gasteiger partial charge in [0.1, 0.15) is 0 Å². The van der Waals surface area contributed by atoms with Crippen LogP contribution in [0.4, 0.5) is 11.4 Å². The number of hydrogen-bond acceptors (Lipinski definition) is 3. The first-order valence-electron chi connectivity index (χ1n) is 4.93. The molecule has 0 radical (unpaired) electrons. The zero-order valence-corrected chi connectivity index (χ0v) is 9.34. The van der Waals surface area contributed by atoms with Crippen molar-refractivity contribution in [2.75, 3.05) is 24.2 Å². The van der Waals surface area contributed by atoms with Crippen molar-refractivity contribution in [3.8, 4) is 0 Å². The molecular weight excluding hydrogens is 212 g/mol. The number of Topliss-reactive ketones (excluding diaryl/α,β-unsaturated/α-hetero) is 1. The zero-order valence-electron chi connectivity index (χ0n) is 8.59.